The highest BCUT2D eigenvalue weighted by Gasteiger charge is 2.34. The van der Waals surface area contributed by atoms with Gasteiger partial charge in [-0.05, 0) is 36.9 Å². The summed E-state index contributed by atoms with van der Waals surface area (Å²) in [7, 11) is 0. The Kier molecular flexibility index (Phi) is 3.53. The SMILES string of the molecule is O=C(C(O)c1ccccc1)N1CC2CNCC(C2)C1. The van der Waals surface area contributed by atoms with E-state index in [1.54, 1.807) is 12.1 Å². The highest BCUT2D eigenvalue weighted by molar-refractivity contribution is 5.82. The molecule has 1 aromatic carbocycles. The van der Waals surface area contributed by atoms with Crippen molar-refractivity contribution in [1.82, 2.24) is 10.2 Å². The third-order valence-corrected chi connectivity index (χ3v) is 4.15. The maximum absolute atomic E-state index is 12.4. The first-order valence-electron chi connectivity index (χ1n) is 6.96. The van der Waals surface area contributed by atoms with Gasteiger partial charge in [0.25, 0.3) is 5.91 Å². The Morgan fingerprint density at radius 2 is 1.84 bits per heavy atom. The average molecular weight is 260 g/mol. The summed E-state index contributed by atoms with van der Waals surface area (Å²) >= 11 is 0. The van der Waals surface area contributed by atoms with Gasteiger partial charge in [0, 0.05) is 13.1 Å². The summed E-state index contributed by atoms with van der Waals surface area (Å²) in [5.74, 6) is 0.932. The molecule has 0 aromatic heterocycles. The molecule has 2 N–H and O–H groups in total. The molecule has 3 atom stereocenters. The van der Waals surface area contributed by atoms with Crippen molar-refractivity contribution in [3.8, 4) is 0 Å². The van der Waals surface area contributed by atoms with Gasteiger partial charge in [0.05, 0.1) is 0 Å². The molecule has 1 aromatic rings. The number of likely N-dealkylation sites (tertiary alicyclic amines) is 1. The van der Waals surface area contributed by atoms with Crippen LogP contribution in [0.15, 0.2) is 30.3 Å². The maximum atomic E-state index is 12.4. The summed E-state index contributed by atoms with van der Waals surface area (Å²) in [4.78, 5) is 14.2. The van der Waals surface area contributed by atoms with Crippen LogP contribution in [-0.4, -0.2) is 42.1 Å². The van der Waals surface area contributed by atoms with E-state index in [0.29, 0.717) is 17.4 Å². The Morgan fingerprint density at radius 3 is 2.47 bits per heavy atom. The normalized spacial score (nSPS) is 27.9. The van der Waals surface area contributed by atoms with Crippen LogP contribution in [0, 0.1) is 11.8 Å². The van der Waals surface area contributed by atoms with Crippen LogP contribution in [-0.2, 0) is 4.79 Å². The van der Waals surface area contributed by atoms with E-state index in [1.807, 2.05) is 23.1 Å². The summed E-state index contributed by atoms with van der Waals surface area (Å²) in [6.07, 6.45) is 0.186. The number of aliphatic hydroxyl groups is 1. The van der Waals surface area contributed by atoms with Crippen LogP contribution in [0.2, 0.25) is 0 Å². The molecule has 19 heavy (non-hydrogen) atoms. The van der Waals surface area contributed by atoms with Gasteiger partial charge in [0.1, 0.15) is 0 Å². The molecular formula is C15H20N2O2. The molecule has 2 aliphatic heterocycles. The minimum absolute atomic E-state index is 0.150. The van der Waals surface area contributed by atoms with Crippen molar-refractivity contribution >= 4 is 5.91 Å². The monoisotopic (exact) mass is 260 g/mol. The molecule has 2 heterocycles. The molecule has 102 valence electrons. The molecular weight excluding hydrogens is 240 g/mol. The van der Waals surface area contributed by atoms with Gasteiger partial charge in [-0.15, -0.1) is 0 Å². The number of aliphatic hydroxyl groups excluding tert-OH is 1. The highest BCUT2D eigenvalue weighted by atomic mass is 16.3. The summed E-state index contributed by atoms with van der Waals surface area (Å²) < 4.78 is 0. The Bertz CT molecular complexity index is 437. The lowest BCUT2D eigenvalue weighted by Crippen LogP contribution is -2.53. The third-order valence-electron chi connectivity index (χ3n) is 4.15. The van der Waals surface area contributed by atoms with Crippen LogP contribution in [0.3, 0.4) is 0 Å². The summed E-state index contributed by atoms with van der Waals surface area (Å²) in [6, 6.07) is 9.18. The van der Waals surface area contributed by atoms with Crippen LogP contribution in [0.1, 0.15) is 18.1 Å². The van der Waals surface area contributed by atoms with Gasteiger partial charge >= 0.3 is 0 Å². The number of carbonyl (C=O) groups excluding carboxylic acids is 1. The standard InChI is InChI=1S/C15H20N2O2/c18-14(13-4-2-1-3-5-13)15(19)17-9-11-6-12(10-17)8-16-7-11/h1-5,11-12,14,16,18H,6-10H2. The van der Waals surface area contributed by atoms with Crippen molar-refractivity contribution in [1.29, 1.82) is 0 Å². The van der Waals surface area contributed by atoms with Gasteiger partial charge in [-0.25, -0.2) is 0 Å². The van der Waals surface area contributed by atoms with Gasteiger partial charge < -0.3 is 15.3 Å². The van der Waals surface area contributed by atoms with Crippen molar-refractivity contribution in [2.24, 2.45) is 11.8 Å². The van der Waals surface area contributed by atoms with E-state index in [2.05, 4.69) is 5.32 Å². The molecule has 1 amide bonds. The van der Waals surface area contributed by atoms with Gasteiger partial charge in [0.2, 0.25) is 0 Å². The molecule has 3 rings (SSSR count). The molecule has 2 aliphatic rings. The Morgan fingerprint density at radius 1 is 1.21 bits per heavy atom. The maximum Gasteiger partial charge on any atom is 0.256 e. The molecule has 4 heteroatoms. The van der Waals surface area contributed by atoms with Crippen LogP contribution in [0.25, 0.3) is 0 Å². The van der Waals surface area contributed by atoms with Crippen molar-refractivity contribution in [2.45, 2.75) is 12.5 Å². The second-order valence-corrected chi connectivity index (χ2v) is 5.68. The Labute approximate surface area is 113 Å². The lowest BCUT2D eigenvalue weighted by Gasteiger charge is -2.42. The molecule has 0 aliphatic carbocycles. The number of benzene rings is 1. The first-order chi connectivity index (χ1) is 9.24. The molecule has 0 spiro atoms. The minimum atomic E-state index is -1.02. The van der Waals surface area contributed by atoms with E-state index in [0.717, 1.165) is 26.2 Å². The van der Waals surface area contributed by atoms with E-state index in [-0.39, 0.29) is 5.91 Å². The second kappa shape index (κ2) is 5.31. The smallest absolute Gasteiger partial charge is 0.256 e. The number of nitrogens with zero attached hydrogens (tertiary/aromatic N) is 1. The number of hydrogen-bond donors (Lipinski definition) is 2. The quantitative estimate of drug-likeness (QED) is 0.826. The molecule has 2 bridgehead atoms. The topological polar surface area (TPSA) is 52.6 Å². The van der Waals surface area contributed by atoms with Crippen LogP contribution in [0.5, 0.6) is 0 Å². The minimum Gasteiger partial charge on any atom is -0.378 e. The third kappa shape index (κ3) is 2.65. The van der Waals surface area contributed by atoms with E-state index in [1.165, 1.54) is 6.42 Å². The molecule has 2 saturated heterocycles. The molecule has 0 saturated carbocycles. The van der Waals surface area contributed by atoms with Crippen LogP contribution >= 0.6 is 0 Å². The number of piperidine rings is 2. The van der Waals surface area contributed by atoms with Gasteiger partial charge in [-0.3, -0.25) is 4.79 Å². The predicted molar refractivity (Wildman–Crippen MR) is 72.4 cm³/mol. The first kappa shape index (κ1) is 12.6. The fourth-order valence-corrected chi connectivity index (χ4v) is 3.24. The summed E-state index contributed by atoms with van der Waals surface area (Å²) in [5.41, 5.74) is 0.682. The van der Waals surface area contributed by atoms with E-state index < -0.39 is 6.10 Å². The fourth-order valence-electron chi connectivity index (χ4n) is 3.24. The summed E-state index contributed by atoms with van der Waals surface area (Å²) in [5, 5.41) is 13.6. The molecule has 4 nitrogen and oxygen atoms in total. The first-order valence-corrected chi connectivity index (χ1v) is 6.96. The lowest BCUT2D eigenvalue weighted by molar-refractivity contribution is -0.144. The Hall–Kier alpha value is -1.39. The van der Waals surface area contributed by atoms with Crippen molar-refractivity contribution in [2.75, 3.05) is 26.2 Å². The van der Waals surface area contributed by atoms with E-state index in [9.17, 15) is 9.90 Å². The summed E-state index contributed by atoms with van der Waals surface area (Å²) in [6.45, 7) is 3.52. The van der Waals surface area contributed by atoms with Crippen LogP contribution < -0.4 is 5.32 Å². The number of hydrogen-bond acceptors (Lipinski definition) is 3. The fraction of sp³-hybridized carbons (Fsp3) is 0.533. The van der Waals surface area contributed by atoms with E-state index in [4.69, 9.17) is 0 Å². The Balaban J connectivity index is 1.70. The molecule has 3 unspecified atom stereocenters. The van der Waals surface area contributed by atoms with Crippen molar-refractivity contribution in [3.05, 3.63) is 35.9 Å². The average Bonchev–Trinajstić information content (AvgIpc) is 2.46. The van der Waals surface area contributed by atoms with Crippen LogP contribution in [0.4, 0.5) is 0 Å². The molecule has 0 radical (unpaired) electrons. The number of nitrogens with one attached hydrogen (secondary N) is 1. The lowest BCUT2D eigenvalue weighted by atomic mass is 9.85. The second-order valence-electron chi connectivity index (χ2n) is 5.68. The number of fused-ring (bicyclic) bond motifs is 2. The van der Waals surface area contributed by atoms with Crippen molar-refractivity contribution < 1.29 is 9.90 Å². The van der Waals surface area contributed by atoms with E-state index >= 15 is 0 Å². The highest BCUT2D eigenvalue weighted by Crippen LogP contribution is 2.26. The zero-order valence-corrected chi connectivity index (χ0v) is 11.0. The number of rotatable bonds is 2. The molecule has 2 fully saturated rings. The number of carbonyl (C=O) groups is 1. The van der Waals surface area contributed by atoms with Gasteiger partial charge in [-0.1, -0.05) is 30.3 Å². The largest absolute Gasteiger partial charge is 0.378 e. The predicted octanol–water partition coefficient (Wildman–Crippen LogP) is 0.788. The number of amides is 1. The zero-order chi connectivity index (χ0) is 13.2. The van der Waals surface area contributed by atoms with Crippen molar-refractivity contribution in [3.63, 3.8) is 0 Å². The zero-order valence-electron chi connectivity index (χ0n) is 11.0. The van der Waals surface area contributed by atoms with Gasteiger partial charge in [-0.2, -0.15) is 0 Å². The van der Waals surface area contributed by atoms with Gasteiger partial charge in [0.15, 0.2) is 6.10 Å².